The summed E-state index contributed by atoms with van der Waals surface area (Å²) in [5, 5.41) is 2.80. The molecule has 3 rings (SSSR count). The van der Waals surface area contributed by atoms with Gasteiger partial charge in [-0.1, -0.05) is 37.3 Å². The lowest BCUT2D eigenvalue weighted by atomic mass is 10.1. The van der Waals surface area contributed by atoms with Crippen LogP contribution in [0.1, 0.15) is 30.0 Å². The first-order valence-electron chi connectivity index (χ1n) is 10.4. The molecule has 0 heterocycles. The van der Waals surface area contributed by atoms with Crippen LogP contribution >= 0.6 is 0 Å². The molecule has 0 saturated carbocycles. The van der Waals surface area contributed by atoms with Gasteiger partial charge in [-0.2, -0.15) is 0 Å². The van der Waals surface area contributed by atoms with E-state index in [1.54, 1.807) is 18.2 Å². The maximum absolute atomic E-state index is 12.8. The third kappa shape index (κ3) is 5.68. The Morgan fingerprint density at radius 3 is 2.28 bits per heavy atom. The first-order valence-corrected chi connectivity index (χ1v) is 11.9. The number of amides is 1. The average Bonchev–Trinajstić information content (AvgIpc) is 2.76. The number of carbonyl (C=O) groups excluding carboxylic acids is 1. The van der Waals surface area contributed by atoms with Gasteiger partial charge in [0.05, 0.1) is 10.6 Å². The van der Waals surface area contributed by atoms with E-state index in [0.717, 1.165) is 16.7 Å². The fourth-order valence-corrected chi connectivity index (χ4v) is 4.28. The maximum Gasteiger partial charge on any atom is 0.265 e. The molecule has 0 aliphatic heterocycles. The van der Waals surface area contributed by atoms with Crippen molar-refractivity contribution in [2.24, 2.45) is 0 Å². The highest BCUT2D eigenvalue weighted by Gasteiger charge is 2.20. The molecule has 0 fully saturated rings. The standard InChI is InChI=1S/C25H28N2O4S/c1-5-23(31-24-9-7-6-8-19(24)4)25(28)26-20-12-14-21(15-13-20)32(29,30)27-22-16-17(2)10-11-18(22)3/h6-16,23,27H,5H2,1-4H3,(H,26,28)/t23-/m1/s1. The predicted octanol–water partition coefficient (Wildman–Crippen LogP) is 5.21. The number of carbonyl (C=O) groups is 1. The van der Waals surface area contributed by atoms with Crippen molar-refractivity contribution in [3.8, 4) is 5.75 Å². The molecule has 0 aromatic heterocycles. The van der Waals surface area contributed by atoms with Gasteiger partial charge in [-0.15, -0.1) is 0 Å². The second-order valence-electron chi connectivity index (χ2n) is 7.72. The molecule has 6 nitrogen and oxygen atoms in total. The molecule has 0 unspecified atom stereocenters. The van der Waals surface area contributed by atoms with Gasteiger partial charge in [-0.25, -0.2) is 8.42 Å². The van der Waals surface area contributed by atoms with Gasteiger partial charge in [-0.05, 0) is 80.3 Å². The number of anilines is 2. The Hall–Kier alpha value is -3.32. The highest BCUT2D eigenvalue weighted by atomic mass is 32.2. The zero-order valence-corrected chi connectivity index (χ0v) is 19.5. The van der Waals surface area contributed by atoms with E-state index in [4.69, 9.17) is 4.74 Å². The van der Waals surface area contributed by atoms with E-state index in [2.05, 4.69) is 10.0 Å². The summed E-state index contributed by atoms with van der Waals surface area (Å²) in [5.74, 6) is 0.369. The zero-order chi connectivity index (χ0) is 23.3. The van der Waals surface area contributed by atoms with Gasteiger partial charge in [0.2, 0.25) is 0 Å². The molecule has 1 amide bonds. The quantitative estimate of drug-likeness (QED) is 0.491. The molecule has 0 bridgehead atoms. The first kappa shape index (κ1) is 23.3. The highest BCUT2D eigenvalue weighted by molar-refractivity contribution is 7.92. The van der Waals surface area contributed by atoms with Crippen LogP contribution in [0.2, 0.25) is 0 Å². The Morgan fingerprint density at radius 1 is 0.938 bits per heavy atom. The van der Waals surface area contributed by atoms with E-state index in [0.29, 0.717) is 23.5 Å². The number of hydrogen-bond donors (Lipinski definition) is 2. The van der Waals surface area contributed by atoms with Gasteiger partial charge in [0, 0.05) is 5.69 Å². The zero-order valence-electron chi connectivity index (χ0n) is 18.7. The molecular formula is C25H28N2O4S. The third-order valence-electron chi connectivity index (χ3n) is 5.10. The van der Waals surface area contributed by atoms with Gasteiger partial charge in [0.15, 0.2) is 6.10 Å². The predicted molar refractivity (Wildman–Crippen MR) is 128 cm³/mol. The molecule has 0 spiro atoms. The second kappa shape index (κ2) is 9.87. The van der Waals surface area contributed by atoms with Crippen molar-refractivity contribution in [3.63, 3.8) is 0 Å². The first-order chi connectivity index (χ1) is 15.2. The van der Waals surface area contributed by atoms with Crippen LogP contribution in [0, 0.1) is 20.8 Å². The van der Waals surface area contributed by atoms with E-state index in [-0.39, 0.29) is 10.8 Å². The van der Waals surface area contributed by atoms with Gasteiger partial charge < -0.3 is 10.1 Å². The number of rotatable bonds is 8. The summed E-state index contributed by atoms with van der Waals surface area (Å²) in [4.78, 5) is 12.8. The van der Waals surface area contributed by atoms with E-state index in [9.17, 15) is 13.2 Å². The van der Waals surface area contributed by atoms with E-state index in [1.807, 2.05) is 64.1 Å². The Balaban J connectivity index is 1.70. The lowest BCUT2D eigenvalue weighted by Gasteiger charge is -2.18. The van der Waals surface area contributed by atoms with Crippen LogP contribution in [0.25, 0.3) is 0 Å². The van der Waals surface area contributed by atoms with E-state index >= 15 is 0 Å². The van der Waals surface area contributed by atoms with Crippen molar-refractivity contribution in [2.45, 2.75) is 45.1 Å². The fraction of sp³-hybridized carbons (Fsp3) is 0.240. The number of hydrogen-bond acceptors (Lipinski definition) is 4. The Bertz CT molecular complexity index is 1200. The summed E-state index contributed by atoms with van der Waals surface area (Å²) in [6.07, 6.45) is -0.169. The summed E-state index contributed by atoms with van der Waals surface area (Å²) in [6, 6.07) is 19.2. The number of para-hydroxylation sites is 1. The summed E-state index contributed by atoms with van der Waals surface area (Å²) in [7, 11) is -3.75. The number of benzene rings is 3. The minimum absolute atomic E-state index is 0.111. The van der Waals surface area contributed by atoms with Crippen molar-refractivity contribution in [1.29, 1.82) is 0 Å². The number of aryl methyl sites for hydroxylation is 3. The Kier molecular flexibility index (Phi) is 7.20. The summed E-state index contributed by atoms with van der Waals surface area (Å²) in [6.45, 7) is 7.54. The highest BCUT2D eigenvalue weighted by Crippen LogP contribution is 2.23. The number of sulfonamides is 1. The molecule has 0 aliphatic carbocycles. The molecule has 168 valence electrons. The topological polar surface area (TPSA) is 84.5 Å². The lowest BCUT2D eigenvalue weighted by molar-refractivity contribution is -0.122. The van der Waals surface area contributed by atoms with E-state index in [1.165, 1.54) is 12.1 Å². The maximum atomic E-state index is 12.8. The molecule has 7 heteroatoms. The van der Waals surface area contributed by atoms with Crippen molar-refractivity contribution in [3.05, 3.63) is 83.4 Å². The summed E-state index contributed by atoms with van der Waals surface area (Å²) >= 11 is 0. The molecule has 32 heavy (non-hydrogen) atoms. The van der Waals surface area contributed by atoms with Gasteiger partial charge in [0.25, 0.3) is 15.9 Å². The SMILES string of the molecule is CC[C@@H](Oc1ccccc1C)C(=O)Nc1ccc(S(=O)(=O)Nc2cc(C)ccc2C)cc1. The van der Waals surface area contributed by atoms with Crippen LogP contribution in [0.3, 0.4) is 0 Å². The fourth-order valence-electron chi connectivity index (χ4n) is 3.15. The van der Waals surface area contributed by atoms with Crippen molar-refractivity contribution < 1.29 is 17.9 Å². The van der Waals surface area contributed by atoms with Crippen LogP contribution in [-0.4, -0.2) is 20.4 Å². The summed E-state index contributed by atoms with van der Waals surface area (Å²) in [5.41, 5.74) is 3.78. The molecule has 0 aliphatic rings. The molecule has 3 aromatic carbocycles. The minimum atomic E-state index is -3.75. The molecule has 0 radical (unpaired) electrons. The Morgan fingerprint density at radius 2 is 1.62 bits per heavy atom. The monoisotopic (exact) mass is 452 g/mol. The minimum Gasteiger partial charge on any atom is -0.480 e. The largest absolute Gasteiger partial charge is 0.480 e. The number of nitrogens with one attached hydrogen (secondary N) is 2. The lowest BCUT2D eigenvalue weighted by Crippen LogP contribution is -2.32. The molecule has 0 saturated heterocycles. The van der Waals surface area contributed by atoms with Gasteiger partial charge in [0.1, 0.15) is 5.75 Å². The molecular weight excluding hydrogens is 424 g/mol. The molecule has 2 N–H and O–H groups in total. The normalized spacial score (nSPS) is 12.1. The molecule has 3 aromatic rings. The van der Waals surface area contributed by atoms with Crippen LogP contribution in [0.4, 0.5) is 11.4 Å². The smallest absolute Gasteiger partial charge is 0.265 e. The third-order valence-corrected chi connectivity index (χ3v) is 6.48. The average molecular weight is 453 g/mol. The van der Waals surface area contributed by atoms with Crippen LogP contribution in [0.5, 0.6) is 5.75 Å². The van der Waals surface area contributed by atoms with Crippen molar-refractivity contribution >= 4 is 27.3 Å². The van der Waals surface area contributed by atoms with Crippen molar-refractivity contribution in [2.75, 3.05) is 10.0 Å². The second-order valence-corrected chi connectivity index (χ2v) is 9.40. The van der Waals surface area contributed by atoms with Crippen LogP contribution < -0.4 is 14.8 Å². The van der Waals surface area contributed by atoms with E-state index < -0.39 is 16.1 Å². The van der Waals surface area contributed by atoms with Crippen molar-refractivity contribution in [1.82, 2.24) is 0 Å². The van der Waals surface area contributed by atoms with Gasteiger partial charge >= 0.3 is 0 Å². The Labute approximate surface area is 189 Å². The number of ether oxygens (including phenoxy) is 1. The molecule has 1 atom stereocenters. The summed E-state index contributed by atoms with van der Waals surface area (Å²) < 4.78 is 34.0. The van der Waals surface area contributed by atoms with Crippen LogP contribution in [-0.2, 0) is 14.8 Å². The van der Waals surface area contributed by atoms with Gasteiger partial charge in [-0.3, -0.25) is 9.52 Å². The van der Waals surface area contributed by atoms with Crippen LogP contribution in [0.15, 0.2) is 71.6 Å².